The maximum atomic E-state index is 6.28. The molecule has 2 fully saturated rings. The zero-order valence-corrected chi connectivity index (χ0v) is 14.8. The molecule has 2 aliphatic carbocycles. The molecule has 5 nitrogen and oxygen atoms in total. The molecular weight excluding hydrogens is 302 g/mol. The highest BCUT2D eigenvalue weighted by atomic mass is 16.5. The number of hydrogen-bond acceptors (Lipinski definition) is 3. The summed E-state index contributed by atoms with van der Waals surface area (Å²) in [5, 5.41) is 6.78. The van der Waals surface area contributed by atoms with E-state index in [1.807, 2.05) is 19.2 Å². The first-order valence-electron chi connectivity index (χ1n) is 9.07. The number of rotatable bonds is 7. The molecule has 0 aliphatic heterocycles. The highest BCUT2D eigenvalue weighted by Gasteiger charge is 2.22. The van der Waals surface area contributed by atoms with E-state index in [0.29, 0.717) is 12.6 Å². The van der Waals surface area contributed by atoms with Crippen LogP contribution in [0.25, 0.3) is 0 Å². The van der Waals surface area contributed by atoms with Crippen LogP contribution in [-0.2, 0) is 6.54 Å². The van der Waals surface area contributed by atoms with E-state index in [9.17, 15) is 0 Å². The molecule has 5 heteroatoms. The van der Waals surface area contributed by atoms with Crippen molar-refractivity contribution < 1.29 is 9.47 Å². The molecule has 1 aromatic rings. The Morgan fingerprint density at radius 2 is 1.96 bits per heavy atom. The van der Waals surface area contributed by atoms with Crippen molar-refractivity contribution in [2.75, 3.05) is 20.7 Å². The van der Waals surface area contributed by atoms with Gasteiger partial charge in [-0.15, -0.1) is 0 Å². The van der Waals surface area contributed by atoms with Crippen LogP contribution in [0.15, 0.2) is 23.2 Å². The summed E-state index contributed by atoms with van der Waals surface area (Å²) >= 11 is 0. The second-order valence-corrected chi connectivity index (χ2v) is 6.72. The number of ether oxygens (including phenoxy) is 2. The highest BCUT2D eigenvalue weighted by Crippen LogP contribution is 2.34. The lowest BCUT2D eigenvalue weighted by molar-refractivity contribution is 0.198. The van der Waals surface area contributed by atoms with E-state index in [0.717, 1.165) is 48.3 Å². The number of nitrogens with zero attached hydrogens (tertiary/aromatic N) is 1. The first-order valence-corrected chi connectivity index (χ1v) is 9.07. The molecule has 0 heterocycles. The van der Waals surface area contributed by atoms with Crippen LogP contribution in [0.5, 0.6) is 11.5 Å². The van der Waals surface area contributed by atoms with Gasteiger partial charge in [0.05, 0.1) is 13.2 Å². The average Bonchev–Trinajstić information content (AvgIpc) is 3.30. The van der Waals surface area contributed by atoms with E-state index in [1.54, 1.807) is 7.11 Å². The van der Waals surface area contributed by atoms with Gasteiger partial charge in [0.15, 0.2) is 17.5 Å². The van der Waals surface area contributed by atoms with Gasteiger partial charge in [-0.3, -0.25) is 4.99 Å². The van der Waals surface area contributed by atoms with Crippen LogP contribution in [-0.4, -0.2) is 32.8 Å². The molecule has 0 bridgehead atoms. The van der Waals surface area contributed by atoms with Crippen LogP contribution in [0.4, 0.5) is 0 Å². The Labute approximate surface area is 144 Å². The van der Waals surface area contributed by atoms with E-state index in [1.165, 1.54) is 25.7 Å². The summed E-state index contributed by atoms with van der Waals surface area (Å²) in [7, 11) is 3.51. The molecule has 0 saturated heterocycles. The molecule has 0 radical (unpaired) electrons. The van der Waals surface area contributed by atoms with Crippen molar-refractivity contribution in [2.45, 2.75) is 51.2 Å². The van der Waals surface area contributed by atoms with E-state index >= 15 is 0 Å². The largest absolute Gasteiger partial charge is 0.493 e. The number of para-hydroxylation sites is 1. The number of aliphatic imine (C=N–C) groups is 1. The van der Waals surface area contributed by atoms with Crippen molar-refractivity contribution in [1.29, 1.82) is 0 Å². The average molecular weight is 331 g/mol. The quantitative estimate of drug-likeness (QED) is 0.595. The van der Waals surface area contributed by atoms with Crippen molar-refractivity contribution in [3.63, 3.8) is 0 Å². The first-order chi connectivity index (χ1) is 11.8. The minimum Gasteiger partial charge on any atom is -0.493 e. The molecule has 24 heavy (non-hydrogen) atoms. The van der Waals surface area contributed by atoms with Gasteiger partial charge in [0, 0.05) is 25.7 Å². The third-order valence-corrected chi connectivity index (χ3v) is 4.79. The minimum absolute atomic E-state index is 0.312. The molecule has 0 atom stereocenters. The van der Waals surface area contributed by atoms with Crippen LogP contribution in [0.1, 0.15) is 44.1 Å². The van der Waals surface area contributed by atoms with Gasteiger partial charge >= 0.3 is 0 Å². The second-order valence-electron chi connectivity index (χ2n) is 6.72. The molecule has 2 saturated carbocycles. The molecule has 3 rings (SSSR count). The number of guanidine groups is 1. The van der Waals surface area contributed by atoms with Crippen LogP contribution in [0, 0.1) is 5.92 Å². The van der Waals surface area contributed by atoms with Gasteiger partial charge in [-0.2, -0.15) is 0 Å². The van der Waals surface area contributed by atoms with E-state index in [-0.39, 0.29) is 0 Å². The first kappa shape index (κ1) is 16.9. The Bertz CT molecular complexity index is 564. The fourth-order valence-corrected chi connectivity index (χ4v) is 3.13. The maximum Gasteiger partial charge on any atom is 0.191 e. The fourth-order valence-electron chi connectivity index (χ4n) is 3.13. The Morgan fingerprint density at radius 1 is 1.17 bits per heavy atom. The summed E-state index contributed by atoms with van der Waals surface area (Å²) in [6.45, 7) is 1.67. The molecule has 132 valence electrons. The Hall–Kier alpha value is -1.91. The van der Waals surface area contributed by atoms with Gasteiger partial charge in [0.1, 0.15) is 0 Å². The Balaban J connectivity index is 1.64. The fraction of sp³-hybridized carbons (Fsp3) is 0.632. The molecule has 0 spiro atoms. The third kappa shape index (κ3) is 4.56. The zero-order chi connectivity index (χ0) is 16.8. The Morgan fingerprint density at radius 3 is 2.62 bits per heavy atom. The number of hydrogen-bond donors (Lipinski definition) is 2. The predicted octanol–water partition coefficient (Wildman–Crippen LogP) is 3.09. The molecular formula is C19H29N3O2. The van der Waals surface area contributed by atoms with Gasteiger partial charge < -0.3 is 20.1 Å². The van der Waals surface area contributed by atoms with Crippen molar-refractivity contribution >= 4 is 5.96 Å². The van der Waals surface area contributed by atoms with Crippen molar-refractivity contribution in [3.8, 4) is 11.5 Å². The van der Waals surface area contributed by atoms with Crippen LogP contribution in [0.3, 0.4) is 0 Å². The molecule has 2 aliphatic rings. The summed E-state index contributed by atoms with van der Waals surface area (Å²) in [5.74, 6) is 3.34. The van der Waals surface area contributed by atoms with Gasteiger partial charge in [-0.05, 0) is 50.5 Å². The lowest BCUT2D eigenvalue weighted by Gasteiger charge is -2.20. The highest BCUT2D eigenvalue weighted by molar-refractivity contribution is 5.79. The number of nitrogens with one attached hydrogen (secondary N) is 2. The van der Waals surface area contributed by atoms with Gasteiger partial charge in [0.2, 0.25) is 0 Å². The predicted molar refractivity (Wildman–Crippen MR) is 96.8 cm³/mol. The standard InChI is InChI=1S/C19H29N3O2/c1-20-19(21-12-14-10-11-14)22-13-15-6-5-9-17(23-2)18(15)24-16-7-3-4-8-16/h5-6,9,14,16H,3-4,7-8,10-13H2,1-2H3,(H2,20,21,22). The monoisotopic (exact) mass is 331 g/mol. The van der Waals surface area contributed by atoms with Crippen molar-refractivity contribution in [3.05, 3.63) is 23.8 Å². The summed E-state index contributed by atoms with van der Waals surface area (Å²) in [6.07, 6.45) is 7.76. The molecule has 2 N–H and O–H groups in total. The summed E-state index contributed by atoms with van der Waals surface area (Å²) in [4.78, 5) is 4.30. The topological polar surface area (TPSA) is 54.9 Å². The second kappa shape index (κ2) is 8.27. The van der Waals surface area contributed by atoms with E-state index in [4.69, 9.17) is 9.47 Å². The zero-order valence-electron chi connectivity index (χ0n) is 14.8. The number of methoxy groups -OCH3 is 1. The van der Waals surface area contributed by atoms with Crippen molar-refractivity contribution in [2.24, 2.45) is 10.9 Å². The van der Waals surface area contributed by atoms with Gasteiger partial charge in [-0.1, -0.05) is 12.1 Å². The van der Waals surface area contributed by atoms with Gasteiger partial charge in [0.25, 0.3) is 0 Å². The SMILES string of the molecule is CN=C(NCc1cccc(OC)c1OC1CCCC1)NCC1CC1. The lowest BCUT2D eigenvalue weighted by atomic mass is 10.1. The van der Waals surface area contributed by atoms with Crippen molar-refractivity contribution in [1.82, 2.24) is 10.6 Å². The summed E-state index contributed by atoms with van der Waals surface area (Å²) < 4.78 is 11.8. The lowest BCUT2D eigenvalue weighted by Crippen LogP contribution is -2.38. The van der Waals surface area contributed by atoms with E-state index in [2.05, 4.69) is 21.7 Å². The maximum absolute atomic E-state index is 6.28. The summed E-state index contributed by atoms with van der Waals surface area (Å²) in [5.41, 5.74) is 1.11. The number of benzene rings is 1. The summed E-state index contributed by atoms with van der Waals surface area (Å²) in [6, 6.07) is 6.07. The third-order valence-electron chi connectivity index (χ3n) is 4.79. The molecule has 0 amide bonds. The molecule has 1 aromatic carbocycles. The normalized spacial score (nSPS) is 18.5. The smallest absolute Gasteiger partial charge is 0.191 e. The molecule has 0 aromatic heterocycles. The van der Waals surface area contributed by atoms with E-state index < -0.39 is 0 Å². The van der Waals surface area contributed by atoms with Crippen LogP contribution in [0.2, 0.25) is 0 Å². The Kier molecular flexibility index (Phi) is 5.83. The molecule has 0 unspecified atom stereocenters. The van der Waals surface area contributed by atoms with Crippen LogP contribution >= 0.6 is 0 Å². The minimum atomic E-state index is 0.312. The van der Waals surface area contributed by atoms with Gasteiger partial charge in [-0.25, -0.2) is 0 Å². The van der Waals surface area contributed by atoms with Crippen LogP contribution < -0.4 is 20.1 Å².